The van der Waals surface area contributed by atoms with Gasteiger partial charge in [-0.2, -0.15) is 0 Å². The van der Waals surface area contributed by atoms with Crippen LogP contribution in [-0.2, 0) is 17.6 Å². The van der Waals surface area contributed by atoms with Crippen LogP contribution in [0.3, 0.4) is 0 Å². The lowest BCUT2D eigenvalue weighted by Gasteiger charge is -2.11. The third-order valence-corrected chi connectivity index (χ3v) is 2.98. The van der Waals surface area contributed by atoms with Crippen LogP contribution in [0.2, 0.25) is 0 Å². The molecule has 0 saturated heterocycles. The second-order valence-electron chi connectivity index (χ2n) is 4.51. The van der Waals surface area contributed by atoms with Gasteiger partial charge in [0.25, 0.3) is 0 Å². The van der Waals surface area contributed by atoms with Crippen molar-refractivity contribution in [3.8, 4) is 0 Å². The molecule has 1 unspecified atom stereocenters. The van der Waals surface area contributed by atoms with E-state index in [0.29, 0.717) is 12.8 Å². The first-order chi connectivity index (χ1) is 8.65. The van der Waals surface area contributed by atoms with E-state index in [-0.39, 0.29) is 0 Å². The molecule has 0 fully saturated rings. The molecule has 0 saturated carbocycles. The Morgan fingerprint density at radius 1 is 1.22 bits per heavy atom. The second kappa shape index (κ2) is 5.54. The molecular formula is C15H16O3. The average Bonchev–Trinajstić information content (AvgIpc) is 2.84. The first kappa shape index (κ1) is 12.4. The number of hydrogen-bond acceptors (Lipinski definition) is 2. The van der Waals surface area contributed by atoms with E-state index in [1.54, 1.807) is 12.3 Å². The Bertz CT molecular complexity index is 497. The quantitative estimate of drug-likeness (QED) is 0.879. The number of carboxylic acid groups (broad SMARTS) is 1. The summed E-state index contributed by atoms with van der Waals surface area (Å²) in [4.78, 5) is 11.3. The number of hydrogen-bond donors (Lipinski definition) is 1. The summed E-state index contributed by atoms with van der Waals surface area (Å²) >= 11 is 0. The predicted molar refractivity (Wildman–Crippen MR) is 68.4 cm³/mol. The molecule has 0 aliphatic rings. The molecule has 1 atom stereocenters. The molecule has 2 rings (SSSR count). The molecule has 0 radical (unpaired) electrons. The van der Waals surface area contributed by atoms with Gasteiger partial charge in [0.1, 0.15) is 5.76 Å². The van der Waals surface area contributed by atoms with Gasteiger partial charge < -0.3 is 9.52 Å². The number of benzene rings is 1. The van der Waals surface area contributed by atoms with Crippen molar-refractivity contribution in [3.63, 3.8) is 0 Å². The number of carbonyl (C=O) groups is 1. The molecule has 94 valence electrons. The van der Waals surface area contributed by atoms with Gasteiger partial charge in [0, 0.05) is 6.42 Å². The first-order valence-electron chi connectivity index (χ1n) is 5.96. The highest BCUT2D eigenvalue weighted by Crippen LogP contribution is 2.16. The topological polar surface area (TPSA) is 50.4 Å². The van der Waals surface area contributed by atoms with E-state index in [0.717, 1.165) is 11.3 Å². The molecule has 3 heteroatoms. The standard InChI is InChI=1S/C15H16O3/c1-11-4-6-12(7-5-11)9-13(15(16)17)10-14-3-2-8-18-14/h2-8,13H,9-10H2,1H3,(H,16,17). The van der Waals surface area contributed by atoms with Gasteiger partial charge in [0.05, 0.1) is 12.2 Å². The second-order valence-corrected chi connectivity index (χ2v) is 4.51. The summed E-state index contributed by atoms with van der Waals surface area (Å²) in [5.41, 5.74) is 2.22. The number of aryl methyl sites for hydroxylation is 1. The van der Waals surface area contributed by atoms with E-state index in [2.05, 4.69) is 0 Å². The van der Waals surface area contributed by atoms with Crippen molar-refractivity contribution in [3.05, 3.63) is 59.5 Å². The van der Waals surface area contributed by atoms with E-state index in [9.17, 15) is 9.90 Å². The minimum absolute atomic E-state index is 0.427. The molecule has 0 aliphatic heterocycles. The maximum atomic E-state index is 11.3. The lowest BCUT2D eigenvalue weighted by Crippen LogP contribution is -2.18. The highest BCUT2D eigenvalue weighted by atomic mass is 16.4. The highest BCUT2D eigenvalue weighted by molar-refractivity contribution is 5.70. The average molecular weight is 244 g/mol. The lowest BCUT2D eigenvalue weighted by molar-refractivity contribution is -0.141. The van der Waals surface area contributed by atoms with Crippen molar-refractivity contribution in [1.29, 1.82) is 0 Å². The summed E-state index contributed by atoms with van der Waals surface area (Å²) in [6.45, 7) is 2.02. The van der Waals surface area contributed by atoms with Crippen molar-refractivity contribution in [1.82, 2.24) is 0 Å². The maximum absolute atomic E-state index is 11.3. The molecule has 3 nitrogen and oxygen atoms in total. The Hall–Kier alpha value is -2.03. The largest absolute Gasteiger partial charge is 0.481 e. The third kappa shape index (κ3) is 3.23. The molecule has 0 aliphatic carbocycles. The van der Waals surface area contributed by atoms with E-state index in [1.165, 1.54) is 5.56 Å². The summed E-state index contributed by atoms with van der Waals surface area (Å²) in [6, 6.07) is 11.5. The highest BCUT2D eigenvalue weighted by Gasteiger charge is 2.19. The smallest absolute Gasteiger partial charge is 0.307 e. The zero-order valence-corrected chi connectivity index (χ0v) is 10.3. The summed E-state index contributed by atoms with van der Waals surface area (Å²) in [7, 11) is 0. The van der Waals surface area contributed by atoms with Gasteiger partial charge in [-0.05, 0) is 31.0 Å². The molecule has 0 amide bonds. The van der Waals surface area contributed by atoms with Crippen molar-refractivity contribution in [2.24, 2.45) is 5.92 Å². The minimum Gasteiger partial charge on any atom is -0.481 e. The monoisotopic (exact) mass is 244 g/mol. The Balaban J connectivity index is 2.06. The number of carboxylic acids is 1. The Morgan fingerprint density at radius 2 is 1.94 bits per heavy atom. The number of rotatable bonds is 5. The van der Waals surface area contributed by atoms with Gasteiger partial charge in [0.2, 0.25) is 0 Å². The van der Waals surface area contributed by atoms with Gasteiger partial charge >= 0.3 is 5.97 Å². The van der Waals surface area contributed by atoms with Crippen LogP contribution in [0.1, 0.15) is 16.9 Å². The first-order valence-corrected chi connectivity index (χ1v) is 5.96. The van der Waals surface area contributed by atoms with Crippen molar-refractivity contribution in [2.75, 3.05) is 0 Å². The molecular weight excluding hydrogens is 228 g/mol. The number of aliphatic carboxylic acids is 1. The zero-order valence-electron chi connectivity index (χ0n) is 10.3. The molecule has 18 heavy (non-hydrogen) atoms. The van der Waals surface area contributed by atoms with Crippen LogP contribution in [-0.4, -0.2) is 11.1 Å². The van der Waals surface area contributed by atoms with Crippen LogP contribution < -0.4 is 0 Å². The summed E-state index contributed by atoms with van der Waals surface area (Å²) < 4.78 is 5.21. The summed E-state index contributed by atoms with van der Waals surface area (Å²) in [5, 5.41) is 9.25. The Morgan fingerprint density at radius 3 is 2.50 bits per heavy atom. The Labute approximate surface area is 106 Å². The van der Waals surface area contributed by atoms with Crippen LogP contribution in [0.5, 0.6) is 0 Å². The van der Waals surface area contributed by atoms with Gasteiger partial charge in [0.15, 0.2) is 0 Å². The van der Waals surface area contributed by atoms with E-state index in [1.807, 2.05) is 37.3 Å². The van der Waals surface area contributed by atoms with Crippen molar-refractivity contribution < 1.29 is 14.3 Å². The number of furan rings is 1. The van der Waals surface area contributed by atoms with Crippen LogP contribution in [0.4, 0.5) is 0 Å². The van der Waals surface area contributed by atoms with Gasteiger partial charge in [-0.1, -0.05) is 29.8 Å². The zero-order chi connectivity index (χ0) is 13.0. The van der Waals surface area contributed by atoms with E-state index < -0.39 is 11.9 Å². The molecule has 1 heterocycles. The SMILES string of the molecule is Cc1ccc(CC(Cc2ccco2)C(=O)O)cc1. The summed E-state index contributed by atoms with van der Waals surface area (Å²) in [6.07, 6.45) is 2.52. The van der Waals surface area contributed by atoms with E-state index >= 15 is 0 Å². The fourth-order valence-corrected chi connectivity index (χ4v) is 1.93. The van der Waals surface area contributed by atoms with Crippen LogP contribution in [0.25, 0.3) is 0 Å². The van der Waals surface area contributed by atoms with E-state index in [4.69, 9.17) is 4.42 Å². The molecule has 0 bridgehead atoms. The van der Waals surface area contributed by atoms with Crippen LogP contribution >= 0.6 is 0 Å². The molecule has 1 N–H and O–H groups in total. The lowest BCUT2D eigenvalue weighted by atomic mass is 9.95. The van der Waals surface area contributed by atoms with Crippen molar-refractivity contribution in [2.45, 2.75) is 19.8 Å². The predicted octanol–water partition coefficient (Wildman–Crippen LogP) is 3.07. The fourth-order valence-electron chi connectivity index (χ4n) is 1.93. The molecule has 0 spiro atoms. The van der Waals surface area contributed by atoms with Crippen molar-refractivity contribution >= 4 is 5.97 Å². The van der Waals surface area contributed by atoms with Gasteiger partial charge in [-0.15, -0.1) is 0 Å². The van der Waals surface area contributed by atoms with Crippen LogP contribution in [0.15, 0.2) is 47.1 Å². The summed E-state index contributed by atoms with van der Waals surface area (Å²) in [5.74, 6) is -0.514. The minimum atomic E-state index is -0.785. The molecule has 1 aromatic carbocycles. The fraction of sp³-hybridized carbons (Fsp3) is 0.267. The van der Waals surface area contributed by atoms with Crippen LogP contribution in [0, 0.1) is 12.8 Å². The molecule has 2 aromatic rings. The Kier molecular flexibility index (Phi) is 3.82. The van der Waals surface area contributed by atoms with Gasteiger partial charge in [-0.25, -0.2) is 0 Å². The molecule has 1 aromatic heterocycles. The normalized spacial score (nSPS) is 12.3. The third-order valence-electron chi connectivity index (χ3n) is 2.98. The van der Waals surface area contributed by atoms with Gasteiger partial charge in [-0.3, -0.25) is 4.79 Å². The maximum Gasteiger partial charge on any atom is 0.307 e.